The van der Waals surface area contributed by atoms with Gasteiger partial charge in [0.1, 0.15) is 12.1 Å². The molecule has 0 saturated heterocycles. The molecule has 0 fully saturated rings. The van der Waals surface area contributed by atoms with Crippen LogP contribution in [0.5, 0.6) is 0 Å². The molecule has 122 valence electrons. The summed E-state index contributed by atoms with van der Waals surface area (Å²) in [6.45, 7) is 0. The lowest BCUT2D eigenvalue weighted by Crippen LogP contribution is -2.13. The number of benzene rings is 1. The van der Waals surface area contributed by atoms with Crippen molar-refractivity contribution < 1.29 is 9.18 Å². The van der Waals surface area contributed by atoms with Gasteiger partial charge in [0.2, 0.25) is 5.91 Å². The molecule has 0 unspecified atom stereocenters. The van der Waals surface area contributed by atoms with Gasteiger partial charge in [-0.3, -0.25) is 9.78 Å². The molecule has 3 aromatic rings. The number of hydrogen-bond acceptors (Lipinski definition) is 5. The molecule has 0 bridgehead atoms. The highest BCUT2D eigenvalue weighted by atomic mass is 19.1. The van der Waals surface area contributed by atoms with Crippen molar-refractivity contribution in [1.82, 2.24) is 25.2 Å². The molecule has 7 nitrogen and oxygen atoms in total. The zero-order chi connectivity index (χ0) is 16.8. The van der Waals surface area contributed by atoms with Crippen LogP contribution in [-0.4, -0.2) is 31.1 Å². The van der Waals surface area contributed by atoms with E-state index in [2.05, 4.69) is 25.8 Å². The smallest absolute Gasteiger partial charge is 0.224 e. The van der Waals surface area contributed by atoms with Crippen molar-refractivity contribution in [1.29, 1.82) is 0 Å². The number of aromatic nitrogens is 5. The minimum atomic E-state index is -0.509. The van der Waals surface area contributed by atoms with Gasteiger partial charge in [-0.1, -0.05) is 6.07 Å². The standard InChI is InChI=1S/C16H15FN6O/c17-14-8-7-13(23-11-19-21-22-23)10-15(14)20-16(24)6-3-5-12-4-1-2-9-18-12/h1-2,4,7-11H,3,5-6H2,(H,20,24). The third kappa shape index (κ3) is 3.97. The summed E-state index contributed by atoms with van der Waals surface area (Å²) < 4.78 is 15.3. The van der Waals surface area contributed by atoms with E-state index in [0.29, 0.717) is 18.5 Å². The van der Waals surface area contributed by atoms with Crippen LogP contribution in [-0.2, 0) is 11.2 Å². The maximum Gasteiger partial charge on any atom is 0.224 e. The lowest BCUT2D eigenvalue weighted by molar-refractivity contribution is -0.116. The number of amides is 1. The van der Waals surface area contributed by atoms with Gasteiger partial charge in [0.15, 0.2) is 0 Å². The van der Waals surface area contributed by atoms with E-state index in [1.165, 1.54) is 29.2 Å². The predicted octanol–water partition coefficient (Wildman–Crippen LogP) is 2.16. The van der Waals surface area contributed by atoms with Gasteiger partial charge in [-0.25, -0.2) is 9.07 Å². The van der Waals surface area contributed by atoms with Crippen LogP contribution in [0.3, 0.4) is 0 Å². The van der Waals surface area contributed by atoms with Crippen LogP contribution in [0.2, 0.25) is 0 Å². The second kappa shape index (κ2) is 7.40. The van der Waals surface area contributed by atoms with E-state index in [-0.39, 0.29) is 18.0 Å². The summed E-state index contributed by atoms with van der Waals surface area (Å²) in [5.41, 5.74) is 1.59. The summed E-state index contributed by atoms with van der Waals surface area (Å²) >= 11 is 0. The Balaban J connectivity index is 1.59. The third-order valence-electron chi connectivity index (χ3n) is 3.40. The summed E-state index contributed by atoms with van der Waals surface area (Å²) in [5.74, 6) is -0.761. The summed E-state index contributed by atoms with van der Waals surface area (Å²) in [6, 6.07) is 9.94. The lowest BCUT2D eigenvalue weighted by atomic mass is 10.1. The van der Waals surface area contributed by atoms with Crippen molar-refractivity contribution in [3.05, 3.63) is 60.4 Å². The second-order valence-corrected chi connectivity index (χ2v) is 5.14. The van der Waals surface area contributed by atoms with Crippen LogP contribution in [0.15, 0.2) is 48.9 Å². The molecule has 0 aliphatic rings. The number of rotatable bonds is 6. The maximum atomic E-state index is 13.9. The van der Waals surface area contributed by atoms with Crippen LogP contribution in [0, 0.1) is 5.82 Å². The van der Waals surface area contributed by atoms with Crippen molar-refractivity contribution in [3.63, 3.8) is 0 Å². The number of anilines is 1. The average Bonchev–Trinajstić information content (AvgIpc) is 3.12. The number of nitrogens with one attached hydrogen (secondary N) is 1. The zero-order valence-corrected chi connectivity index (χ0v) is 12.8. The van der Waals surface area contributed by atoms with Gasteiger partial charge in [0.25, 0.3) is 0 Å². The van der Waals surface area contributed by atoms with Gasteiger partial charge in [0, 0.05) is 18.3 Å². The molecule has 1 amide bonds. The number of aryl methyl sites for hydroxylation is 1. The average molecular weight is 326 g/mol. The molecule has 0 spiro atoms. The molecule has 0 atom stereocenters. The molecule has 1 N–H and O–H groups in total. The molecule has 3 rings (SSSR count). The summed E-state index contributed by atoms with van der Waals surface area (Å²) in [4.78, 5) is 16.2. The Morgan fingerprint density at radius 1 is 1.25 bits per heavy atom. The molecule has 8 heteroatoms. The van der Waals surface area contributed by atoms with E-state index < -0.39 is 5.82 Å². The number of pyridine rings is 1. The van der Waals surface area contributed by atoms with E-state index in [4.69, 9.17) is 0 Å². The number of tetrazole rings is 1. The molecule has 24 heavy (non-hydrogen) atoms. The molecular formula is C16H15FN6O. The second-order valence-electron chi connectivity index (χ2n) is 5.14. The first-order chi connectivity index (χ1) is 11.7. The van der Waals surface area contributed by atoms with Crippen molar-refractivity contribution in [3.8, 4) is 5.69 Å². The SMILES string of the molecule is O=C(CCCc1ccccn1)Nc1cc(-n2cnnn2)ccc1F. The minimum Gasteiger partial charge on any atom is -0.324 e. The van der Waals surface area contributed by atoms with Crippen LogP contribution in [0.25, 0.3) is 5.69 Å². The highest BCUT2D eigenvalue weighted by molar-refractivity contribution is 5.91. The van der Waals surface area contributed by atoms with Crippen molar-refractivity contribution in [2.45, 2.75) is 19.3 Å². The normalized spacial score (nSPS) is 10.5. The van der Waals surface area contributed by atoms with E-state index in [0.717, 1.165) is 5.69 Å². The summed E-state index contributed by atoms with van der Waals surface area (Å²) in [5, 5.41) is 13.4. The lowest BCUT2D eigenvalue weighted by Gasteiger charge is -2.08. The summed E-state index contributed by atoms with van der Waals surface area (Å²) in [7, 11) is 0. The van der Waals surface area contributed by atoms with Gasteiger partial charge in [-0.05, 0) is 53.6 Å². The molecular weight excluding hydrogens is 311 g/mol. The van der Waals surface area contributed by atoms with Crippen molar-refractivity contribution in [2.24, 2.45) is 0 Å². The van der Waals surface area contributed by atoms with Gasteiger partial charge < -0.3 is 5.32 Å². The van der Waals surface area contributed by atoms with E-state index in [1.807, 2.05) is 18.2 Å². The van der Waals surface area contributed by atoms with Gasteiger partial charge in [0.05, 0.1) is 11.4 Å². The van der Waals surface area contributed by atoms with Crippen LogP contribution >= 0.6 is 0 Å². The van der Waals surface area contributed by atoms with E-state index >= 15 is 0 Å². The molecule has 2 heterocycles. The molecule has 0 aliphatic heterocycles. The topological polar surface area (TPSA) is 85.6 Å². The fourth-order valence-electron chi connectivity index (χ4n) is 2.22. The quantitative estimate of drug-likeness (QED) is 0.750. The molecule has 0 aliphatic carbocycles. The Kier molecular flexibility index (Phi) is 4.85. The maximum absolute atomic E-state index is 13.9. The first-order valence-electron chi connectivity index (χ1n) is 7.45. The van der Waals surface area contributed by atoms with Crippen LogP contribution in [0.4, 0.5) is 10.1 Å². The molecule has 0 saturated carbocycles. The fourth-order valence-corrected chi connectivity index (χ4v) is 2.22. The van der Waals surface area contributed by atoms with Gasteiger partial charge in [-0.2, -0.15) is 0 Å². The Morgan fingerprint density at radius 2 is 2.17 bits per heavy atom. The molecule has 2 aromatic heterocycles. The number of carbonyl (C=O) groups is 1. The first-order valence-corrected chi connectivity index (χ1v) is 7.45. The van der Waals surface area contributed by atoms with E-state index in [1.54, 1.807) is 6.20 Å². The summed E-state index contributed by atoms with van der Waals surface area (Å²) in [6.07, 6.45) is 4.73. The van der Waals surface area contributed by atoms with Crippen molar-refractivity contribution >= 4 is 11.6 Å². The van der Waals surface area contributed by atoms with Gasteiger partial charge in [-0.15, -0.1) is 5.10 Å². The number of hydrogen-bond donors (Lipinski definition) is 1. The predicted molar refractivity (Wildman–Crippen MR) is 84.9 cm³/mol. The largest absolute Gasteiger partial charge is 0.324 e. The molecule has 1 aromatic carbocycles. The Labute approximate surface area is 137 Å². The van der Waals surface area contributed by atoms with Crippen LogP contribution in [0.1, 0.15) is 18.5 Å². The zero-order valence-electron chi connectivity index (χ0n) is 12.8. The highest BCUT2D eigenvalue weighted by Crippen LogP contribution is 2.18. The Morgan fingerprint density at radius 3 is 2.92 bits per heavy atom. The third-order valence-corrected chi connectivity index (χ3v) is 3.40. The first kappa shape index (κ1) is 15.7. The number of nitrogens with zero attached hydrogens (tertiary/aromatic N) is 5. The molecule has 0 radical (unpaired) electrons. The van der Waals surface area contributed by atoms with E-state index in [9.17, 15) is 9.18 Å². The van der Waals surface area contributed by atoms with Gasteiger partial charge >= 0.3 is 0 Å². The number of carbonyl (C=O) groups excluding carboxylic acids is 1. The fraction of sp³-hybridized carbons (Fsp3) is 0.188. The van der Waals surface area contributed by atoms with Crippen molar-refractivity contribution in [2.75, 3.05) is 5.32 Å². The minimum absolute atomic E-state index is 0.103. The Hall–Kier alpha value is -3.16. The highest BCUT2D eigenvalue weighted by Gasteiger charge is 2.09. The van der Waals surface area contributed by atoms with Crippen LogP contribution < -0.4 is 5.32 Å². The number of halogens is 1. The monoisotopic (exact) mass is 326 g/mol. The Bertz CT molecular complexity index is 807.